The Labute approximate surface area is 169 Å². The molecular formula is C21H22Cl2N2O2. The predicted molar refractivity (Wildman–Crippen MR) is 108 cm³/mol. The van der Waals surface area contributed by atoms with E-state index in [0.29, 0.717) is 42.4 Å². The number of halogens is 2. The lowest BCUT2D eigenvalue weighted by Crippen LogP contribution is -2.24. The van der Waals surface area contributed by atoms with E-state index in [1.165, 1.54) is 0 Å². The van der Waals surface area contributed by atoms with Crippen LogP contribution in [0.3, 0.4) is 0 Å². The highest BCUT2D eigenvalue weighted by Crippen LogP contribution is 2.22. The second kappa shape index (κ2) is 9.25. The molecule has 0 spiro atoms. The number of nitrogens with one attached hydrogen (secondary N) is 1. The standard InChI is InChI=1S/C21H22Cl2N2O2/c22-18-9-7-17(19(23)12-18)8-10-20(26)24-13-15-3-5-16(6-4-15)14-25-11-1-2-21(25)27/h3-7,9,12H,1-2,8,10-11,13-14H2,(H,24,26). The Balaban J connectivity index is 1.43. The second-order valence-corrected chi connectivity index (χ2v) is 7.59. The molecule has 1 aliphatic heterocycles. The molecule has 2 amide bonds. The highest BCUT2D eigenvalue weighted by atomic mass is 35.5. The maximum Gasteiger partial charge on any atom is 0.222 e. The molecule has 2 aromatic carbocycles. The highest BCUT2D eigenvalue weighted by Gasteiger charge is 2.19. The van der Waals surface area contributed by atoms with Gasteiger partial charge in [0.05, 0.1) is 0 Å². The van der Waals surface area contributed by atoms with Crippen LogP contribution in [0.5, 0.6) is 0 Å². The van der Waals surface area contributed by atoms with Gasteiger partial charge >= 0.3 is 0 Å². The van der Waals surface area contributed by atoms with E-state index in [-0.39, 0.29) is 11.8 Å². The predicted octanol–water partition coefficient (Wildman–Crippen LogP) is 4.36. The minimum absolute atomic E-state index is 0.0206. The lowest BCUT2D eigenvalue weighted by Gasteiger charge is -2.15. The lowest BCUT2D eigenvalue weighted by atomic mass is 10.1. The monoisotopic (exact) mass is 404 g/mol. The van der Waals surface area contributed by atoms with Crippen LogP contribution in [0.2, 0.25) is 10.0 Å². The average molecular weight is 405 g/mol. The van der Waals surface area contributed by atoms with Crippen LogP contribution in [-0.4, -0.2) is 23.3 Å². The number of carbonyl (C=O) groups excluding carboxylic acids is 2. The van der Waals surface area contributed by atoms with Crippen LogP contribution in [0, 0.1) is 0 Å². The summed E-state index contributed by atoms with van der Waals surface area (Å²) in [6.45, 7) is 1.98. The van der Waals surface area contributed by atoms with E-state index in [1.54, 1.807) is 12.1 Å². The lowest BCUT2D eigenvalue weighted by molar-refractivity contribution is -0.128. The number of hydrogen-bond donors (Lipinski definition) is 1. The zero-order valence-electron chi connectivity index (χ0n) is 15.0. The van der Waals surface area contributed by atoms with E-state index in [2.05, 4.69) is 5.32 Å². The van der Waals surface area contributed by atoms with Gasteiger partial charge in [0, 0.05) is 42.5 Å². The number of nitrogens with zero attached hydrogens (tertiary/aromatic N) is 1. The Hall–Kier alpha value is -2.04. The minimum atomic E-state index is -0.0206. The molecule has 142 valence electrons. The second-order valence-electron chi connectivity index (χ2n) is 6.75. The van der Waals surface area contributed by atoms with Crippen molar-refractivity contribution in [2.24, 2.45) is 0 Å². The Morgan fingerprint density at radius 2 is 1.81 bits per heavy atom. The van der Waals surface area contributed by atoms with Crippen LogP contribution in [0.25, 0.3) is 0 Å². The minimum Gasteiger partial charge on any atom is -0.352 e. The van der Waals surface area contributed by atoms with Gasteiger partial charge in [-0.25, -0.2) is 0 Å². The summed E-state index contributed by atoms with van der Waals surface area (Å²) in [5.74, 6) is 0.208. The first-order chi connectivity index (χ1) is 13.0. The van der Waals surface area contributed by atoms with Crippen LogP contribution >= 0.6 is 23.2 Å². The van der Waals surface area contributed by atoms with Crippen LogP contribution in [-0.2, 0) is 29.1 Å². The van der Waals surface area contributed by atoms with Gasteiger partial charge in [-0.15, -0.1) is 0 Å². The van der Waals surface area contributed by atoms with Crippen molar-refractivity contribution in [2.75, 3.05) is 6.54 Å². The van der Waals surface area contributed by atoms with Crippen molar-refractivity contribution in [3.8, 4) is 0 Å². The fraction of sp³-hybridized carbons (Fsp3) is 0.333. The molecular weight excluding hydrogens is 383 g/mol. The van der Waals surface area contributed by atoms with Crippen LogP contribution in [0.1, 0.15) is 36.0 Å². The summed E-state index contributed by atoms with van der Waals surface area (Å²) in [5, 5.41) is 4.10. The molecule has 27 heavy (non-hydrogen) atoms. The molecule has 1 aliphatic rings. The van der Waals surface area contributed by atoms with Gasteiger partial charge in [-0.1, -0.05) is 53.5 Å². The fourth-order valence-electron chi connectivity index (χ4n) is 3.12. The smallest absolute Gasteiger partial charge is 0.222 e. The van der Waals surface area contributed by atoms with Gasteiger partial charge in [0.2, 0.25) is 11.8 Å². The van der Waals surface area contributed by atoms with E-state index < -0.39 is 0 Å². The maximum absolute atomic E-state index is 12.1. The van der Waals surface area contributed by atoms with Crippen molar-refractivity contribution in [3.63, 3.8) is 0 Å². The molecule has 1 N–H and O–H groups in total. The molecule has 4 nitrogen and oxygen atoms in total. The summed E-state index contributed by atoms with van der Waals surface area (Å²) in [4.78, 5) is 25.7. The number of amides is 2. The quantitative estimate of drug-likeness (QED) is 0.744. The number of hydrogen-bond acceptors (Lipinski definition) is 2. The molecule has 0 aliphatic carbocycles. The van der Waals surface area contributed by atoms with Crippen molar-refractivity contribution < 1.29 is 9.59 Å². The summed E-state index contributed by atoms with van der Waals surface area (Å²) in [5.41, 5.74) is 3.05. The van der Waals surface area contributed by atoms with Gasteiger partial charge in [0.25, 0.3) is 0 Å². The van der Waals surface area contributed by atoms with E-state index in [9.17, 15) is 9.59 Å². The molecule has 3 rings (SSSR count). The zero-order chi connectivity index (χ0) is 19.2. The third-order valence-corrected chi connectivity index (χ3v) is 5.28. The Morgan fingerprint density at radius 3 is 2.48 bits per heavy atom. The SMILES string of the molecule is O=C(CCc1ccc(Cl)cc1Cl)NCc1ccc(CN2CCCC2=O)cc1. The first kappa shape index (κ1) is 19.7. The molecule has 0 saturated carbocycles. The van der Waals surface area contributed by atoms with Crippen LogP contribution in [0.4, 0.5) is 0 Å². The van der Waals surface area contributed by atoms with Crippen LogP contribution < -0.4 is 5.32 Å². The Morgan fingerprint density at radius 1 is 1.07 bits per heavy atom. The normalized spacial score (nSPS) is 13.9. The molecule has 6 heteroatoms. The zero-order valence-corrected chi connectivity index (χ0v) is 16.5. The molecule has 1 saturated heterocycles. The van der Waals surface area contributed by atoms with Crippen LogP contribution in [0.15, 0.2) is 42.5 Å². The van der Waals surface area contributed by atoms with Crippen molar-refractivity contribution >= 4 is 35.0 Å². The van der Waals surface area contributed by atoms with Gasteiger partial charge in [-0.3, -0.25) is 9.59 Å². The van der Waals surface area contributed by atoms with E-state index in [4.69, 9.17) is 23.2 Å². The van der Waals surface area contributed by atoms with Gasteiger partial charge < -0.3 is 10.2 Å². The molecule has 0 aromatic heterocycles. The molecule has 0 bridgehead atoms. The molecule has 0 unspecified atom stereocenters. The highest BCUT2D eigenvalue weighted by molar-refractivity contribution is 6.35. The summed E-state index contributed by atoms with van der Waals surface area (Å²) >= 11 is 12.0. The van der Waals surface area contributed by atoms with Crippen molar-refractivity contribution in [3.05, 3.63) is 69.2 Å². The first-order valence-corrected chi connectivity index (χ1v) is 9.83. The van der Waals surface area contributed by atoms with E-state index in [1.807, 2.05) is 35.2 Å². The molecule has 2 aromatic rings. The van der Waals surface area contributed by atoms with Crippen molar-refractivity contribution in [2.45, 2.75) is 38.8 Å². The number of rotatable bonds is 7. The van der Waals surface area contributed by atoms with Gasteiger partial charge in [-0.2, -0.15) is 0 Å². The summed E-state index contributed by atoms with van der Waals surface area (Å²) in [6.07, 6.45) is 2.55. The largest absolute Gasteiger partial charge is 0.352 e. The van der Waals surface area contributed by atoms with Gasteiger partial charge in [0.15, 0.2) is 0 Å². The fourth-order valence-corrected chi connectivity index (χ4v) is 3.62. The summed E-state index contributed by atoms with van der Waals surface area (Å²) in [7, 11) is 0. The van der Waals surface area contributed by atoms with E-state index >= 15 is 0 Å². The third kappa shape index (κ3) is 5.72. The molecule has 0 atom stereocenters. The maximum atomic E-state index is 12.1. The Bertz CT molecular complexity index is 821. The third-order valence-electron chi connectivity index (χ3n) is 4.69. The number of aryl methyl sites for hydroxylation is 1. The first-order valence-electron chi connectivity index (χ1n) is 9.07. The van der Waals surface area contributed by atoms with Crippen molar-refractivity contribution in [1.29, 1.82) is 0 Å². The molecule has 1 heterocycles. The number of benzene rings is 2. The summed E-state index contributed by atoms with van der Waals surface area (Å²) < 4.78 is 0. The average Bonchev–Trinajstić information content (AvgIpc) is 3.05. The molecule has 0 radical (unpaired) electrons. The number of carbonyl (C=O) groups is 2. The van der Waals surface area contributed by atoms with Crippen molar-refractivity contribution in [1.82, 2.24) is 10.2 Å². The summed E-state index contributed by atoms with van der Waals surface area (Å²) in [6, 6.07) is 13.3. The van der Waals surface area contributed by atoms with E-state index in [0.717, 1.165) is 29.7 Å². The van der Waals surface area contributed by atoms with Gasteiger partial charge in [0.1, 0.15) is 0 Å². The molecule has 1 fully saturated rings. The van der Waals surface area contributed by atoms with Gasteiger partial charge in [-0.05, 0) is 41.7 Å². The topological polar surface area (TPSA) is 49.4 Å². The number of likely N-dealkylation sites (tertiary alicyclic amines) is 1. The Kier molecular flexibility index (Phi) is 6.75.